The van der Waals surface area contributed by atoms with Crippen LogP contribution in [0.5, 0.6) is 0 Å². The van der Waals surface area contributed by atoms with Crippen molar-refractivity contribution in [2.75, 3.05) is 10.2 Å². The van der Waals surface area contributed by atoms with Gasteiger partial charge in [0.2, 0.25) is 17.7 Å². The van der Waals surface area contributed by atoms with E-state index < -0.39 is 0 Å². The van der Waals surface area contributed by atoms with Crippen LogP contribution in [0.15, 0.2) is 54.1 Å². The number of amides is 3. The van der Waals surface area contributed by atoms with Gasteiger partial charge in [0.1, 0.15) is 0 Å². The maximum atomic E-state index is 12.9. The van der Waals surface area contributed by atoms with Crippen LogP contribution in [0.3, 0.4) is 0 Å². The number of fused-ring (bicyclic) bond motifs is 5. The van der Waals surface area contributed by atoms with Gasteiger partial charge in [-0.2, -0.15) is 0 Å². The lowest BCUT2D eigenvalue weighted by Crippen LogP contribution is -2.32. The molecule has 28 heavy (non-hydrogen) atoms. The van der Waals surface area contributed by atoms with E-state index >= 15 is 0 Å². The monoisotopic (exact) mass is 391 g/mol. The Kier molecular flexibility index (Phi) is 3.98. The van der Waals surface area contributed by atoms with E-state index in [2.05, 4.69) is 22.5 Å². The first-order valence-electron chi connectivity index (χ1n) is 9.16. The number of benzene rings is 1. The van der Waals surface area contributed by atoms with Crippen LogP contribution in [0, 0.1) is 23.7 Å². The predicted octanol–water partition coefficient (Wildman–Crippen LogP) is 3.11. The average molecular weight is 391 g/mol. The lowest BCUT2D eigenvalue weighted by atomic mass is 9.85. The summed E-state index contributed by atoms with van der Waals surface area (Å²) < 4.78 is 0. The fourth-order valence-electron chi connectivity index (χ4n) is 4.53. The van der Waals surface area contributed by atoms with Gasteiger partial charge < -0.3 is 0 Å². The molecule has 2 aliphatic carbocycles. The molecule has 0 unspecified atom stereocenters. The fourth-order valence-corrected chi connectivity index (χ4v) is 5.06. The van der Waals surface area contributed by atoms with Gasteiger partial charge in [0.25, 0.3) is 0 Å². The summed E-state index contributed by atoms with van der Waals surface area (Å²) in [6.07, 6.45) is 9.77. The Morgan fingerprint density at radius 3 is 2.61 bits per heavy atom. The van der Waals surface area contributed by atoms with E-state index in [9.17, 15) is 14.4 Å². The Morgan fingerprint density at radius 2 is 1.93 bits per heavy atom. The summed E-state index contributed by atoms with van der Waals surface area (Å²) in [4.78, 5) is 43.2. The number of aromatic nitrogens is 1. The normalized spacial score (nSPS) is 27.8. The molecule has 0 radical (unpaired) electrons. The molecule has 3 amide bonds. The predicted molar refractivity (Wildman–Crippen MR) is 106 cm³/mol. The average Bonchev–Trinajstić information content (AvgIpc) is 3.46. The van der Waals surface area contributed by atoms with Crippen molar-refractivity contribution in [3.05, 3.63) is 59.6 Å². The second-order valence-electron chi connectivity index (χ2n) is 7.27. The number of hydrogen-bond acceptors (Lipinski definition) is 5. The molecule has 2 heterocycles. The van der Waals surface area contributed by atoms with E-state index in [0.29, 0.717) is 10.8 Å². The highest BCUT2D eigenvalue weighted by Crippen LogP contribution is 2.53. The molecular formula is C21H17N3O3S. The van der Waals surface area contributed by atoms with E-state index in [0.717, 1.165) is 12.0 Å². The molecule has 2 fully saturated rings. The molecule has 1 aliphatic heterocycles. The van der Waals surface area contributed by atoms with Gasteiger partial charge in [-0.3, -0.25) is 19.7 Å². The summed E-state index contributed by atoms with van der Waals surface area (Å²) in [6.45, 7) is 0. The molecule has 1 N–H and O–H groups in total. The lowest BCUT2D eigenvalue weighted by molar-refractivity contribution is -0.123. The van der Waals surface area contributed by atoms with E-state index in [-0.39, 0.29) is 41.4 Å². The lowest BCUT2D eigenvalue weighted by Gasteiger charge is -2.17. The third-order valence-corrected chi connectivity index (χ3v) is 6.38. The molecule has 2 bridgehead atoms. The van der Waals surface area contributed by atoms with Crippen LogP contribution in [-0.4, -0.2) is 22.7 Å². The molecule has 5 rings (SSSR count). The van der Waals surface area contributed by atoms with Gasteiger partial charge in [-0.25, -0.2) is 9.88 Å². The zero-order valence-electron chi connectivity index (χ0n) is 14.8. The molecule has 1 aromatic carbocycles. The van der Waals surface area contributed by atoms with Gasteiger partial charge >= 0.3 is 0 Å². The quantitative estimate of drug-likeness (QED) is 0.493. The van der Waals surface area contributed by atoms with Gasteiger partial charge in [-0.05, 0) is 42.0 Å². The molecule has 2 aromatic rings. The number of imide groups is 1. The van der Waals surface area contributed by atoms with Crippen molar-refractivity contribution in [1.82, 2.24) is 4.98 Å². The van der Waals surface area contributed by atoms with Crippen LogP contribution in [-0.2, 0) is 14.4 Å². The van der Waals surface area contributed by atoms with Crippen LogP contribution in [0.1, 0.15) is 12.0 Å². The minimum atomic E-state index is -0.286. The van der Waals surface area contributed by atoms with Crippen molar-refractivity contribution in [3.8, 4) is 0 Å². The molecular weight excluding hydrogens is 374 g/mol. The zero-order chi connectivity index (χ0) is 19.3. The van der Waals surface area contributed by atoms with E-state index in [1.54, 1.807) is 35.9 Å². The molecule has 1 aromatic heterocycles. The van der Waals surface area contributed by atoms with Crippen molar-refractivity contribution in [2.45, 2.75) is 6.42 Å². The summed E-state index contributed by atoms with van der Waals surface area (Å²) in [6, 6.07) is 7.14. The number of carbonyl (C=O) groups is 3. The molecule has 0 spiro atoms. The van der Waals surface area contributed by atoms with Crippen LogP contribution >= 0.6 is 11.3 Å². The van der Waals surface area contributed by atoms with E-state index in [1.165, 1.54) is 22.3 Å². The smallest absolute Gasteiger partial charge is 0.250 e. The second-order valence-corrected chi connectivity index (χ2v) is 8.16. The number of nitrogens with zero attached hydrogens (tertiary/aromatic N) is 2. The molecule has 1 saturated carbocycles. The Morgan fingerprint density at radius 1 is 1.18 bits per heavy atom. The third kappa shape index (κ3) is 2.70. The van der Waals surface area contributed by atoms with Crippen molar-refractivity contribution >= 4 is 46.0 Å². The van der Waals surface area contributed by atoms with Gasteiger partial charge in [0, 0.05) is 17.7 Å². The van der Waals surface area contributed by atoms with Crippen LogP contribution in [0.25, 0.3) is 6.08 Å². The van der Waals surface area contributed by atoms with Crippen molar-refractivity contribution in [2.24, 2.45) is 23.7 Å². The zero-order valence-corrected chi connectivity index (χ0v) is 15.6. The van der Waals surface area contributed by atoms with Gasteiger partial charge in [-0.1, -0.05) is 24.3 Å². The fraction of sp³-hybridized carbons (Fsp3) is 0.238. The Labute approximate surface area is 165 Å². The summed E-state index contributed by atoms with van der Waals surface area (Å²) in [5.74, 6) is -0.547. The molecule has 3 aliphatic rings. The first-order valence-corrected chi connectivity index (χ1v) is 10.0. The first kappa shape index (κ1) is 17.1. The maximum Gasteiger partial charge on any atom is 0.250 e. The van der Waals surface area contributed by atoms with Crippen LogP contribution in [0.4, 0.5) is 10.8 Å². The molecule has 7 heteroatoms. The topological polar surface area (TPSA) is 79.4 Å². The molecule has 1 saturated heterocycles. The van der Waals surface area contributed by atoms with Crippen LogP contribution in [0.2, 0.25) is 0 Å². The number of allylic oxidation sites excluding steroid dienone is 2. The Balaban J connectivity index is 1.35. The maximum absolute atomic E-state index is 12.9. The van der Waals surface area contributed by atoms with Crippen molar-refractivity contribution in [1.29, 1.82) is 0 Å². The summed E-state index contributed by atoms with van der Waals surface area (Å²) in [7, 11) is 0. The van der Waals surface area contributed by atoms with Gasteiger partial charge in [0.15, 0.2) is 5.13 Å². The highest BCUT2D eigenvalue weighted by Gasteiger charge is 2.59. The second kappa shape index (κ2) is 6.53. The first-order chi connectivity index (χ1) is 13.6. The number of hydrogen-bond donors (Lipinski definition) is 1. The molecule has 140 valence electrons. The number of thiazole rings is 1. The number of carbonyl (C=O) groups excluding carboxylic acids is 3. The SMILES string of the molecule is O=C(/C=C/c1cccc(N2C(=O)[C@@H]3[C@H](C2=O)[C@H]2C=C[C@@H]3C2)c1)Nc1nccs1. The van der Waals surface area contributed by atoms with Crippen molar-refractivity contribution in [3.63, 3.8) is 0 Å². The highest BCUT2D eigenvalue weighted by molar-refractivity contribution is 7.13. The summed E-state index contributed by atoms with van der Waals surface area (Å²) in [5, 5.41) is 4.99. The van der Waals surface area contributed by atoms with E-state index in [4.69, 9.17) is 0 Å². The minimum absolute atomic E-state index is 0.102. The van der Waals surface area contributed by atoms with Gasteiger partial charge in [-0.15, -0.1) is 11.3 Å². The summed E-state index contributed by atoms with van der Waals surface area (Å²) in [5.41, 5.74) is 1.30. The van der Waals surface area contributed by atoms with Crippen LogP contribution < -0.4 is 10.2 Å². The number of nitrogens with one attached hydrogen (secondary N) is 1. The largest absolute Gasteiger partial charge is 0.298 e. The number of anilines is 2. The Bertz CT molecular complexity index is 997. The summed E-state index contributed by atoms with van der Waals surface area (Å²) >= 11 is 1.34. The number of rotatable bonds is 4. The minimum Gasteiger partial charge on any atom is -0.298 e. The van der Waals surface area contributed by atoms with Gasteiger partial charge in [0.05, 0.1) is 17.5 Å². The molecule has 6 nitrogen and oxygen atoms in total. The Hall–Kier alpha value is -3.06. The standard InChI is InChI=1S/C21H17N3O3S/c25-16(23-21-22-8-9-28-21)7-4-12-2-1-3-15(10-12)24-19(26)17-13-5-6-14(11-13)18(17)20(24)27/h1-10,13-14,17-18H,11H2,(H,22,23,25)/b7-4+/t13-,14+,17+,18-. The molecule has 4 atom stereocenters. The van der Waals surface area contributed by atoms with E-state index in [1.807, 2.05) is 6.07 Å². The van der Waals surface area contributed by atoms with Crippen molar-refractivity contribution < 1.29 is 14.4 Å². The highest BCUT2D eigenvalue weighted by atomic mass is 32.1. The third-order valence-electron chi connectivity index (χ3n) is 5.69.